The SMILES string of the molecule is CS(=O)(=O)c1cc(Cl)cnc1C1CCCN(C(=O)c2ccncc2)C1. The smallest absolute Gasteiger partial charge is 0.253 e. The van der Waals surface area contributed by atoms with Crippen LogP contribution in [0, 0.1) is 0 Å². The van der Waals surface area contributed by atoms with Gasteiger partial charge in [-0.25, -0.2) is 8.42 Å². The van der Waals surface area contributed by atoms with Crippen LogP contribution in [0.3, 0.4) is 0 Å². The largest absolute Gasteiger partial charge is 0.338 e. The zero-order valence-electron chi connectivity index (χ0n) is 13.7. The van der Waals surface area contributed by atoms with E-state index in [9.17, 15) is 13.2 Å². The molecule has 0 aromatic carbocycles. The number of halogens is 1. The van der Waals surface area contributed by atoms with Crippen molar-refractivity contribution in [2.45, 2.75) is 23.7 Å². The number of pyridine rings is 2. The molecule has 1 atom stereocenters. The number of hydrogen-bond donors (Lipinski definition) is 0. The number of carbonyl (C=O) groups is 1. The quantitative estimate of drug-likeness (QED) is 0.818. The van der Waals surface area contributed by atoms with Gasteiger partial charge in [0.05, 0.1) is 15.6 Å². The maximum Gasteiger partial charge on any atom is 0.253 e. The molecule has 0 bridgehead atoms. The lowest BCUT2D eigenvalue weighted by Gasteiger charge is -2.33. The molecule has 1 aliphatic rings. The third kappa shape index (κ3) is 3.99. The molecule has 0 spiro atoms. The molecule has 1 saturated heterocycles. The highest BCUT2D eigenvalue weighted by Crippen LogP contribution is 2.31. The van der Waals surface area contributed by atoms with Crippen LogP contribution in [-0.4, -0.2) is 48.5 Å². The van der Waals surface area contributed by atoms with Crippen molar-refractivity contribution in [1.29, 1.82) is 0 Å². The Bertz CT molecular complexity index is 887. The highest BCUT2D eigenvalue weighted by atomic mass is 35.5. The molecular weight excluding hydrogens is 362 g/mol. The van der Waals surface area contributed by atoms with Crippen molar-refractivity contribution < 1.29 is 13.2 Å². The van der Waals surface area contributed by atoms with E-state index in [4.69, 9.17) is 11.6 Å². The van der Waals surface area contributed by atoms with Gasteiger partial charge in [0.2, 0.25) is 0 Å². The Balaban J connectivity index is 1.89. The summed E-state index contributed by atoms with van der Waals surface area (Å²) >= 11 is 5.92. The van der Waals surface area contributed by atoms with Crippen molar-refractivity contribution in [3.05, 3.63) is 53.1 Å². The van der Waals surface area contributed by atoms with Crippen LogP contribution in [0.5, 0.6) is 0 Å². The van der Waals surface area contributed by atoms with E-state index in [1.54, 1.807) is 29.4 Å². The fraction of sp³-hybridized carbons (Fsp3) is 0.353. The standard InChI is InChI=1S/C17H18ClN3O3S/c1-25(23,24)15-9-14(18)10-20-16(15)13-3-2-8-21(11-13)17(22)12-4-6-19-7-5-12/h4-7,9-10,13H,2-3,8,11H2,1H3. The van der Waals surface area contributed by atoms with Crippen molar-refractivity contribution in [2.75, 3.05) is 19.3 Å². The van der Waals surface area contributed by atoms with Gasteiger partial charge in [-0.15, -0.1) is 0 Å². The summed E-state index contributed by atoms with van der Waals surface area (Å²) in [5.74, 6) is -0.219. The number of nitrogens with zero attached hydrogens (tertiary/aromatic N) is 3. The van der Waals surface area contributed by atoms with Gasteiger partial charge in [-0.1, -0.05) is 11.6 Å². The van der Waals surface area contributed by atoms with E-state index < -0.39 is 9.84 Å². The van der Waals surface area contributed by atoms with E-state index in [1.165, 1.54) is 12.3 Å². The first-order chi connectivity index (χ1) is 11.9. The van der Waals surface area contributed by atoms with Crippen LogP contribution < -0.4 is 0 Å². The molecule has 0 aliphatic carbocycles. The predicted molar refractivity (Wildman–Crippen MR) is 94.5 cm³/mol. The van der Waals surface area contributed by atoms with E-state index in [0.29, 0.717) is 24.3 Å². The summed E-state index contributed by atoms with van der Waals surface area (Å²) in [6.45, 7) is 1.07. The number of piperidine rings is 1. The second kappa shape index (κ2) is 7.09. The van der Waals surface area contributed by atoms with Crippen LogP contribution in [0.1, 0.15) is 34.8 Å². The average molecular weight is 380 g/mol. The van der Waals surface area contributed by atoms with Crippen LogP contribution >= 0.6 is 11.6 Å². The molecule has 2 aromatic rings. The highest BCUT2D eigenvalue weighted by molar-refractivity contribution is 7.90. The van der Waals surface area contributed by atoms with Crippen molar-refractivity contribution in [3.8, 4) is 0 Å². The summed E-state index contributed by atoms with van der Waals surface area (Å²) < 4.78 is 24.2. The molecule has 3 rings (SSSR count). The van der Waals surface area contributed by atoms with E-state index in [1.807, 2.05) is 0 Å². The normalized spacial score (nSPS) is 18.2. The Morgan fingerprint density at radius 2 is 2.04 bits per heavy atom. The zero-order chi connectivity index (χ0) is 18.0. The third-order valence-electron chi connectivity index (χ3n) is 4.27. The molecule has 2 aromatic heterocycles. The minimum absolute atomic E-state index is 0.0815. The third-order valence-corrected chi connectivity index (χ3v) is 5.60. The Hall–Kier alpha value is -1.99. The van der Waals surface area contributed by atoms with Gasteiger partial charge < -0.3 is 4.90 Å². The summed E-state index contributed by atoms with van der Waals surface area (Å²) in [5, 5.41) is 0.282. The van der Waals surface area contributed by atoms with E-state index >= 15 is 0 Å². The lowest BCUT2D eigenvalue weighted by atomic mass is 9.93. The monoisotopic (exact) mass is 379 g/mol. The lowest BCUT2D eigenvalue weighted by Crippen LogP contribution is -2.39. The lowest BCUT2D eigenvalue weighted by molar-refractivity contribution is 0.0705. The second-order valence-corrected chi connectivity index (χ2v) is 8.56. The van der Waals surface area contributed by atoms with Crippen molar-refractivity contribution in [1.82, 2.24) is 14.9 Å². The second-order valence-electron chi connectivity index (χ2n) is 6.14. The van der Waals surface area contributed by atoms with Crippen LogP contribution in [0.25, 0.3) is 0 Å². The van der Waals surface area contributed by atoms with Gasteiger partial charge >= 0.3 is 0 Å². The molecule has 1 fully saturated rings. The summed E-state index contributed by atoms with van der Waals surface area (Å²) in [6, 6.07) is 4.78. The van der Waals surface area contributed by atoms with Gasteiger partial charge in [0.1, 0.15) is 0 Å². The molecule has 3 heterocycles. The van der Waals surface area contributed by atoms with E-state index in [0.717, 1.165) is 19.1 Å². The first kappa shape index (κ1) is 17.8. The summed E-state index contributed by atoms with van der Waals surface area (Å²) in [7, 11) is -3.45. The number of rotatable bonds is 3. The molecule has 132 valence electrons. The van der Waals surface area contributed by atoms with Crippen molar-refractivity contribution in [2.24, 2.45) is 0 Å². The van der Waals surface area contributed by atoms with Gasteiger partial charge in [-0.2, -0.15) is 0 Å². The minimum Gasteiger partial charge on any atom is -0.338 e. The molecule has 1 aliphatic heterocycles. The van der Waals surface area contributed by atoms with Crippen molar-refractivity contribution in [3.63, 3.8) is 0 Å². The molecule has 25 heavy (non-hydrogen) atoms. The molecule has 1 amide bonds. The van der Waals surface area contributed by atoms with Gasteiger partial charge in [0.25, 0.3) is 5.91 Å². The zero-order valence-corrected chi connectivity index (χ0v) is 15.3. The number of carbonyl (C=O) groups excluding carboxylic acids is 1. The first-order valence-corrected chi connectivity index (χ1v) is 10.2. The number of amides is 1. The van der Waals surface area contributed by atoms with Crippen LogP contribution in [-0.2, 0) is 9.84 Å². The first-order valence-electron chi connectivity index (χ1n) is 7.91. The Morgan fingerprint density at radius 1 is 1.32 bits per heavy atom. The molecule has 8 heteroatoms. The number of aromatic nitrogens is 2. The minimum atomic E-state index is -3.45. The Kier molecular flexibility index (Phi) is 5.06. The fourth-order valence-corrected chi connectivity index (χ4v) is 4.26. The maximum absolute atomic E-state index is 12.7. The molecule has 1 unspecified atom stereocenters. The summed E-state index contributed by atoms with van der Waals surface area (Å²) in [5.41, 5.74) is 1.06. The molecule has 0 saturated carbocycles. The Morgan fingerprint density at radius 3 is 2.72 bits per heavy atom. The average Bonchev–Trinajstić information content (AvgIpc) is 2.61. The highest BCUT2D eigenvalue weighted by Gasteiger charge is 2.30. The van der Waals surface area contributed by atoms with Gasteiger partial charge in [-0.3, -0.25) is 14.8 Å². The predicted octanol–water partition coefficient (Wildman–Crippen LogP) is 2.55. The van der Waals surface area contributed by atoms with E-state index in [2.05, 4.69) is 9.97 Å². The molecular formula is C17H18ClN3O3S. The van der Waals surface area contributed by atoms with Gasteiger partial charge in [0, 0.05) is 49.4 Å². The van der Waals surface area contributed by atoms with Gasteiger partial charge in [-0.05, 0) is 31.0 Å². The van der Waals surface area contributed by atoms with Crippen LogP contribution in [0.2, 0.25) is 5.02 Å². The molecule has 6 nitrogen and oxygen atoms in total. The summed E-state index contributed by atoms with van der Waals surface area (Å²) in [6.07, 6.45) is 7.32. The molecule has 0 N–H and O–H groups in total. The number of likely N-dealkylation sites (tertiary alicyclic amines) is 1. The fourth-order valence-electron chi connectivity index (χ4n) is 3.10. The topological polar surface area (TPSA) is 80.2 Å². The Labute approximate surface area is 151 Å². The van der Waals surface area contributed by atoms with Crippen LogP contribution in [0.15, 0.2) is 41.7 Å². The van der Waals surface area contributed by atoms with Crippen LogP contribution in [0.4, 0.5) is 0 Å². The summed E-state index contributed by atoms with van der Waals surface area (Å²) in [4.78, 5) is 22.7. The number of sulfone groups is 1. The van der Waals surface area contributed by atoms with Gasteiger partial charge in [0.15, 0.2) is 9.84 Å². The van der Waals surface area contributed by atoms with E-state index in [-0.39, 0.29) is 21.7 Å². The maximum atomic E-state index is 12.7. The molecule has 0 radical (unpaired) electrons. The van der Waals surface area contributed by atoms with Crippen molar-refractivity contribution >= 4 is 27.3 Å². The number of hydrogen-bond acceptors (Lipinski definition) is 5.